The first-order valence-electron chi connectivity index (χ1n) is 8.89. The highest BCUT2D eigenvalue weighted by atomic mass is 79.9. The Bertz CT molecular complexity index is 1130. The predicted octanol–water partition coefficient (Wildman–Crippen LogP) is 6.92. The Morgan fingerprint density at radius 1 is 0.931 bits per heavy atom. The topological polar surface area (TPSA) is 35.5 Å². The van der Waals surface area contributed by atoms with E-state index in [4.69, 9.17) is 9.47 Å². The molecule has 0 amide bonds. The molecule has 0 spiro atoms. The summed E-state index contributed by atoms with van der Waals surface area (Å²) in [6.45, 7) is 0. The van der Waals surface area contributed by atoms with E-state index in [0.29, 0.717) is 22.8 Å². The highest BCUT2D eigenvalue weighted by Crippen LogP contribution is 2.39. The second-order valence-corrected chi connectivity index (χ2v) is 8.28. The summed E-state index contributed by atoms with van der Waals surface area (Å²) in [5, 5.41) is 0. The number of rotatable bonds is 4. The van der Waals surface area contributed by atoms with Gasteiger partial charge in [-0.05, 0) is 72.3 Å². The second-order valence-electron chi connectivity index (χ2n) is 6.45. The van der Waals surface area contributed by atoms with Gasteiger partial charge in [-0.15, -0.1) is 0 Å². The number of carbonyl (C=O) groups excluding carboxylic acids is 1. The van der Waals surface area contributed by atoms with E-state index >= 15 is 0 Å². The van der Waals surface area contributed by atoms with Gasteiger partial charge in [-0.3, -0.25) is 4.79 Å². The maximum absolute atomic E-state index is 12.9. The third-order valence-electron chi connectivity index (χ3n) is 4.55. The average molecular weight is 512 g/mol. The molecule has 5 heteroatoms. The van der Waals surface area contributed by atoms with E-state index in [0.717, 1.165) is 25.6 Å². The summed E-state index contributed by atoms with van der Waals surface area (Å²) in [6, 6.07) is 20.8. The highest BCUT2D eigenvalue weighted by molar-refractivity contribution is 9.10. The molecule has 0 atom stereocenters. The fraction of sp³-hybridized carbons (Fsp3) is 0.0417. The monoisotopic (exact) mass is 510 g/mol. The maximum Gasteiger partial charge on any atom is 0.186 e. The number of ether oxygens (including phenoxy) is 2. The summed E-state index contributed by atoms with van der Waals surface area (Å²) < 4.78 is 13.4. The highest BCUT2D eigenvalue weighted by Gasteiger charge is 2.20. The number of halogens is 2. The smallest absolute Gasteiger partial charge is 0.186 e. The summed E-state index contributed by atoms with van der Waals surface area (Å²) >= 11 is 6.85. The molecule has 3 aromatic carbocycles. The number of allylic oxidation sites excluding steroid dienone is 3. The van der Waals surface area contributed by atoms with Crippen molar-refractivity contribution in [3.8, 4) is 11.5 Å². The van der Waals surface area contributed by atoms with Crippen LogP contribution < -0.4 is 9.47 Å². The van der Waals surface area contributed by atoms with Crippen molar-refractivity contribution in [3.05, 3.63) is 105 Å². The normalized spacial score (nSPS) is 14.0. The van der Waals surface area contributed by atoms with Crippen molar-refractivity contribution >= 4 is 49.0 Å². The van der Waals surface area contributed by atoms with Crippen LogP contribution in [0.25, 0.3) is 11.3 Å². The fourth-order valence-corrected chi connectivity index (χ4v) is 3.56. The maximum atomic E-state index is 12.9. The lowest BCUT2D eigenvalue weighted by Crippen LogP contribution is -2.05. The van der Waals surface area contributed by atoms with Crippen LogP contribution in [0.1, 0.15) is 21.5 Å². The van der Waals surface area contributed by atoms with Gasteiger partial charge in [-0.2, -0.15) is 0 Å². The SMILES string of the molecule is COc1ccc2c(c1)/C(=C/C(=O)c1ccc(Br)cc1)C=C(c1ccc(Br)cc1)O2. The third-order valence-corrected chi connectivity index (χ3v) is 5.61. The van der Waals surface area contributed by atoms with Crippen LogP contribution in [-0.4, -0.2) is 12.9 Å². The van der Waals surface area contributed by atoms with Crippen LogP contribution in [0.2, 0.25) is 0 Å². The molecule has 0 aromatic heterocycles. The van der Waals surface area contributed by atoms with Crippen LogP contribution in [0.15, 0.2) is 87.8 Å². The summed E-state index contributed by atoms with van der Waals surface area (Å²) in [5.74, 6) is 2.00. The molecule has 0 bridgehead atoms. The first-order valence-corrected chi connectivity index (χ1v) is 10.5. The van der Waals surface area contributed by atoms with E-state index in [1.165, 1.54) is 0 Å². The summed E-state index contributed by atoms with van der Waals surface area (Å²) in [6.07, 6.45) is 3.53. The number of methoxy groups -OCH3 is 1. The van der Waals surface area contributed by atoms with Crippen molar-refractivity contribution in [2.75, 3.05) is 7.11 Å². The van der Waals surface area contributed by atoms with Gasteiger partial charge >= 0.3 is 0 Å². The largest absolute Gasteiger partial charge is 0.497 e. The number of hydrogen-bond donors (Lipinski definition) is 0. The number of fused-ring (bicyclic) bond motifs is 1. The van der Waals surface area contributed by atoms with Crippen molar-refractivity contribution < 1.29 is 14.3 Å². The van der Waals surface area contributed by atoms with Crippen molar-refractivity contribution in [1.29, 1.82) is 0 Å². The van der Waals surface area contributed by atoms with Gasteiger partial charge in [-0.25, -0.2) is 0 Å². The first-order chi connectivity index (χ1) is 14.0. The lowest BCUT2D eigenvalue weighted by molar-refractivity contribution is 0.104. The Morgan fingerprint density at radius 2 is 1.59 bits per heavy atom. The van der Waals surface area contributed by atoms with E-state index in [-0.39, 0.29) is 5.78 Å². The summed E-state index contributed by atoms with van der Waals surface area (Å²) in [7, 11) is 1.62. The Balaban J connectivity index is 1.80. The van der Waals surface area contributed by atoms with Crippen molar-refractivity contribution in [3.63, 3.8) is 0 Å². The summed E-state index contributed by atoms with van der Waals surface area (Å²) in [5.41, 5.74) is 3.14. The molecule has 0 aliphatic carbocycles. The molecule has 1 heterocycles. The third kappa shape index (κ3) is 4.36. The molecule has 4 rings (SSSR count). The Hall–Kier alpha value is -2.63. The molecule has 3 aromatic rings. The lowest BCUT2D eigenvalue weighted by atomic mass is 9.97. The zero-order valence-corrected chi connectivity index (χ0v) is 18.7. The quantitative estimate of drug-likeness (QED) is 0.281. The number of carbonyl (C=O) groups is 1. The second kappa shape index (κ2) is 8.39. The molecule has 3 nitrogen and oxygen atoms in total. The Kier molecular flexibility index (Phi) is 5.69. The lowest BCUT2D eigenvalue weighted by Gasteiger charge is -2.21. The van der Waals surface area contributed by atoms with Crippen molar-refractivity contribution in [1.82, 2.24) is 0 Å². The van der Waals surface area contributed by atoms with Gasteiger partial charge in [0.15, 0.2) is 5.78 Å². The van der Waals surface area contributed by atoms with Gasteiger partial charge in [0.25, 0.3) is 0 Å². The predicted molar refractivity (Wildman–Crippen MR) is 122 cm³/mol. The number of benzene rings is 3. The minimum atomic E-state index is -0.0745. The van der Waals surface area contributed by atoms with Gasteiger partial charge in [0, 0.05) is 25.6 Å². The molecular formula is C24H16Br2O3. The van der Waals surface area contributed by atoms with E-state index in [1.54, 1.807) is 25.3 Å². The molecule has 0 fully saturated rings. The molecule has 144 valence electrons. The van der Waals surface area contributed by atoms with Gasteiger partial charge in [0.1, 0.15) is 17.3 Å². The van der Waals surface area contributed by atoms with E-state index in [1.807, 2.05) is 60.7 Å². The molecular weight excluding hydrogens is 496 g/mol. The van der Waals surface area contributed by atoms with Gasteiger partial charge in [0.05, 0.1) is 7.11 Å². The molecule has 0 unspecified atom stereocenters. The van der Waals surface area contributed by atoms with E-state index in [9.17, 15) is 4.79 Å². The van der Waals surface area contributed by atoms with Gasteiger partial charge in [0.2, 0.25) is 0 Å². The minimum absolute atomic E-state index is 0.0745. The van der Waals surface area contributed by atoms with Crippen molar-refractivity contribution in [2.45, 2.75) is 0 Å². The van der Waals surface area contributed by atoms with E-state index in [2.05, 4.69) is 31.9 Å². The van der Waals surface area contributed by atoms with Gasteiger partial charge in [-0.1, -0.05) is 44.0 Å². The fourth-order valence-electron chi connectivity index (χ4n) is 3.03. The minimum Gasteiger partial charge on any atom is -0.497 e. The van der Waals surface area contributed by atoms with Crippen LogP contribution in [0, 0.1) is 0 Å². The molecule has 1 aliphatic rings. The van der Waals surface area contributed by atoms with Crippen LogP contribution in [0.3, 0.4) is 0 Å². The Morgan fingerprint density at radius 3 is 2.24 bits per heavy atom. The molecule has 0 saturated carbocycles. The van der Waals surface area contributed by atoms with Crippen LogP contribution in [-0.2, 0) is 0 Å². The van der Waals surface area contributed by atoms with Gasteiger partial charge < -0.3 is 9.47 Å². The molecule has 1 aliphatic heterocycles. The zero-order chi connectivity index (χ0) is 20.4. The molecule has 0 saturated heterocycles. The Labute approximate surface area is 185 Å². The molecule has 29 heavy (non-hydrogen) atoms. The summed E-state index contributed by atoms with van der Waals surface area (Å²) in [4.78, 5) is 12.9. The number of ketones is 1. The van der Waals surface area contributed by atoms with E-state index < -0.39 is 0 Å². The zero-order valence-electron chi connectivity index (χ0n) is 15.5. The first kappa shape index (κ1) is 19.7. The van der Waals surface area contributed by atoms with Crippen LogP contribution >= 0.6 is 31.9 Å². The van der Waals surface area contributed by atoms with Crippen molar-refractivity contribution in [2.24, 2.45) is 0 Å². The molecule has 0 N–H and O–H groups in total. The van der Waals surface area contributed by atoms with Crippen LogP contribution in [0.5, 0.6) is 11.5 Å². The van der Waals surface area contributed by atoms with Crippen LogP contribution in [0.4, 0.5) is 0 Å². The number of hydrogen-bond acceptors (Lipinski definition) is 3. The average Bonchev–Trinajstić information content (AvgIpc) is 2.74. The molecule has 0 radical (unpaired) electrons. The standard InChI is InChI=1S/C24H16Br2O3/c1-28-20-10-11-23-21(14-20)17(12-22(27)15-2-6-18(25)7-3-15)13-24(29-23)16-4-8-19(26)9-5-16/h2-14H,1H3/b17-12+.